The van der Waals surface area contributed by atoms with E-state index in [0.717, 1.165) is 5.56 Å². The Kier molecular flexibility index (Phi) is 6.02. The standard InChI is InChI=1S/C14H19NO4/c1-15(10-11-7-5-4-6-8-11)12(14(17)19-3)9-13(16)18-2/h4-8,12H,9-10H2,1-3H3/t12-/m1/s1. The van der Waals surface area contributed by atoms with Crippen molar-refractivity contribution in [3.05, 3.63) is 35.9 Å². The molecule has 0 aliphatic heterocycles. The molecule has 0 N–H and O–H groups in total. The van der Waals surface area contributed by atoms with Gasteiger partial charge in [0.1, 0.15) is 6.04 Å². The lowest BCUT2D eigenvalue weighted by Crippen LogP contribution is -2.40. The van der Waals surface area contributed by atoms with E-state index in [1.54, 1.807) is 11.9 Å². The Morgan fingerprint density at radius 2 is 1.79 bits per heavy atom. The molecule has 0 radical (unpaired) electrons. The quantitative estimate of drug-likeness (QED) is 0.724. The lowest BCUT2D eigenvalue weighted by molar-refractivity contribution is -0.153. The highest BCUT2D eigenvalue weighted by atomic mass is 16.5. The second-order valence-electron chi connectivity index (χ2n) is 4.22. The number of carbonyl (C=O) groups is 2. The van der Waals surface area contributed by atoms with Crippen LogP contribution in [-0.2, 0) is 25.6 Å². The molecule has 5 nitrogen and oxygen atoms in total. The largest absolute Gasteiger partial charge is 0.469 e. The van der Waals surface area contributed by atoms with Gasteiger partial charge in [-0.05, 0) is 12.6 Å². The van der Waals surface area contributed by atoms with Crippen LogP contribution in [0.25, 0.3) is 0 Å². The smallest absolute Gasteiger partial charge is 0.323 e. The van der Waals surface area contributed by atoms with E-state index >= 15 is 0 Å². The second-order valence-corrected chi connectivity index (χ2v) is 4.22. The third-order valence-corrected chi connectivity index (χ3v) is 2.87. The van der Waals surface area contributed by atoms with Crippen molar-refractivity contribution < 1.29 is 19.1 Å². The summed E-state index contributed by atoms with van der Waals surface area (Å²) in [4.78, 5) is 24.8. The van der Waals surface area contributed by atoms with Gasteiger partial charge in [0.15, 0.2) is 0 Å². The van der Waals surface area contributed by atoms with Crippen molar-refractivity contribution in [2.75, 3.05) is 21.3 Å². The average molecular weight is 265 g/mol. The number of esters is 2. The summed E-state index contributed by atoms with van der Waals surface area (Å²) >= 11 is 0. The van der Waals surface area contributed by atoms with Gasteiger partial charge in [0.25, 0.3) is 0 Å². The highest BCUT2D eigenvalue weighted by Crippen LogP contribution is 2.11. The second kappa shape index (κ2) is 7.53. The lowest BCUT2D eigenvalue weighted by atomic mass is 10.1. The fourth-order valence-corrected chi connectivity index (χ4v) is 1.78. The Hall–Kier alpha value is -1.88. The van der Waals surface area contributed by atoms with E-state index < -0.39 is 18.0 Å². The van der Waals surface area contributed by atoms with Crippen molar-refractivity contribution in [3.63, 3.8) is 0 Å². The number of nitrogens with zero attached hydrogens (tertiary/aromatic N) is 1. The Bertz CT molecular complexity index is 419. The molecule has 0 spiro atoms. The summed E-state index contributed by atoms with van der Waals surface area (Å²) in [6.07, 6.45) is -0.0213. The Morgan fingerprint density at radius 1 is 1.16 bits per heavy atom. The molecule has 0 saturated heterocycles. The van der Waals surface area contributed by atoms with E-state index in [4.69, 9.17) is 4.74 Å². The van der Waals surface area contributed by atoms with Crippen molar-refractivity contribution in [3.8, 4) is 0 Å². The molecule has 19 heavy (non-hydrogen) atoms. The van der Waals surface area contributed by atoms with E-state index in [-0.39, 0.29) is 6.42 Å². The molecule has 1 rings (SSSR count). The first-order valence-corrected chi connectivity index (χ1v) is 5.97. The van der Waals surface area contributed by atoms with Crippen LogP contribution in [-0.4, -0.2) is 44.1 Å². The summed E-state index contributed by atoms with van der Waals surface area (Å²) in [5.41, 5.74) is 1.06. The molecule has 0 bridgehead atoms. The van der Waals surface area contributed by atoms with Crippen molar-refractivity contribution >= 4 is 11.9 Å². The fraction of sp³-hybridized carbons (Fsp3) is 0.429. The zero-order valence-electron chi connectivity index (χ0n) is 11.5. The molecule has 0 aliphatic carbocycles. The molecular weight excluding hydrogens is 246 g/mol. The number of hydrogen-bond acceptors (Lipinski definition) is 5. The topological polar surface area (TPSA) is 55.8 Å². The van der Waals surface area contributed by atoms with Crippen LogP contribution in [0.2, 0.25) is 0 Å². The third-order valence-electron chi connectivity index (χ3n) is 2.87. The molecule has 0 unspecified atom stereocenters. The van der Waals surface area contributed by atoms with Gasteiger partial charge in [0.2, 0.25) is 0 Å². The Balaban J connectivity index is 2.73. The Labute approximate surface area is 113 Å². The molecule has 5 heteroatoms. The summed E-state index contributed by atoms with van der Waals surface area (Å²) in [7, 11) is 4.38. The van der Waals surface area contributed by atoms with Crippen LogP contribution in [0, 0.1) is 0 Å². The molecule has 1 aromatic rings. The fourth-order valence-electron chi connectivity index (χ4n) is 1.78. The normalized spacial score (nSPS) is 12.0. The number of benzene rings is 1. The van der Waals surface area contributed by atoms with Crippen molar-refractivity contribution in [2.24, 2.45) is 0 Å². The maximum absolute atomic E-state index is 11.7. The summed E-state index contributed by atoms with van der Waals surface area (Å²) in [5.74, 6) is -0.876. The minimum atomic E-state index is -0.641. The molecule has 0 fully saturated rings. The molecule has 104 valence electrons. The number of likely N-dealkylation sites (N-methyl/N-ethyl adjacent to an activating group) is 1. The number of ether oxygens (including phenoxy) is 2. The van der Waals surface area contributed by atoms with Crippen LogP contribution in [0.4, 0.5) is 0 Å². The molecule has 0 aliphatic rings. The van der Waals surface area contributed by atoms with Gasteiger partial charge in [0, 0.05) is 6.54 Å². The molecule has 0 heterocycles. The first-order valence-electron chi connectivity index (χ1n) is 5.97. The molecule has 0 aromatic heterocycles. The lowest BCUT2D eigenvalue weighted by Gasteiger charge is -2.25. The zero-order chi connectivity index (χ0) is 14.3. The van der Waals surface area contributed by atoms with Gasteiger partial charge < -0.3 is 9.47 Å². The summed E-state index contributed by atoms with van der Waals surface area (Å²) in [5, 5.41) is 0. The SMILES string of the molecule is COC(=O)C[C@H](C(=O)OC)N(C)Cc1ccccc1. The minimum absolute atomic E-state index is 0.0213. The van der Waals surface area contributed by atoms with Crippen molar-refractivity contribution in [1.82, 2.24) is 4.90 Å². The number of carbonyl (C=O) groups excluding carboxylic acids is 2. The van der Waals surface area contributed by atoms with Gasteiger partial charge in [-0.2, -0.15) is 0 Å². The van der Waals surface area contributed by atoms with Gasteiger partial charge >= 0.3 is 11.9 Å². The number of methoxy groups -OCH3 is 2. The van der Waals surface area contributed by atoms with E-state index in [2.05, 4.69) is 4.74 Å². The molecule has 1 aromatic carbocycles. The Morgan fingerprint density at radius 3 is 2.32 bits per heavy atom. The minimum Gasteiger partial charge on any atom is -0.469 e. The molecular formula is C14H19NO4. The van der Waals surface area contributed by atoms with Crippen LogP contribution in [0.1, 0.15) is 12.0 Å². The van der Waals surface area contributed by atoms with Crippen LogP contribution >= 0.6 is 0 Å². The average Bonchev–Trinajstić information content (AvgIpc) is 2.44. The summed E-state index contributed by atoms with van der Waals surface area (Å²) < 4.78 is 9.33. The summed E-state index contributed by atoms with van der Waals surface area (Å²) in [6, 6.07) is 9.06. The van der Waals surface area contributed by atoms with Gasteiger partial charge in [-0.3, -0.25) is 14.5 Å². The van der Waals surface area contributed by atoms with Crippen molar-refractivity contribution in [1.29, 1.82) is 0 Å². The van der Waals surface area contributed by atoms with Crippen LogP contribution in [0.5, 0.6) is 0 Å². The third kappa shape index (κ3) is 4.71. The van der Waals surface area contributed by atoms with Gasteiger partial charge in [0.05, 0.1) is 20.6 Å². The van der Waals surface area contributed by atoms with Crippen LogP contribution in [0.15, 0.2) is 30.3 Å². The summed E-state index contributed by atoms with van der Waals surface area (Å²) in [6.45, 7) is 0.553. The molecule has 0 saturated carbocycles. The highest BCUT2D eigenvalue weighted by molar-refractivity contribution is 5.82. The monoisotopic (exact) mass is 265 g/mol. The van der Waals surface area contributed by atoms with E-state index in [0.29, 0.717) is 6.54 Å². The van der Waals surface area contributed by atoms with Crippen LogP contribution < -0.4 is 0 Å². The predicted molar refractivity (Wildman–Crippen MR) is 70.3 cm³/mol. The van der Waals surface area contributed by atoms with Gasteiger partial charge in [-0.15, -0.1) is 0 Å². The first kappa shape index (κ1) is 15.2. The predicted octanol–water partition coefficient (Wildman–Crippen LogP) is 1.22. The maximum atomic E-state index is 11.7. The van der Waals surface area contributed by atoms with Crippen molar-refractivity contribution in [2.45, 2.75) is 19.0 Å². The van der Waals surface area contributed by atoms with Gasteiger partial charge in [-0.25, -0.2) is 0 Å². The number of rotatable bonds is 6. The van der Waals surface area contributed by atoms with Crippen LogP contribution in [0.3, 0.4) is 0 Å². The zero-order valence-corrected chi connectivity index (χ0v) is 11.5. The van der Waals surface area contributed by atoms with E-state index in [1.807, 2.05) is 30.3 Å². The van der Waals surface area contributed by atoms with E-state index in [9.17, 15) is 9.59 Å². The molecule has 1 atom stereocenters. The number of hydrogen-bond donors (Lipinski definition) is 0. The molecule has 0 amide bonds. The van der Waals surface area contributed by atoms with Gasteiger partial charge in [-0.1, -0.05) is 30.3 Å². The first-order chi connectivity index (χ1) is 9.08. The highest BCUT2D eigenvalue weighted by Gasteiger charge is 2.27. The van der Waals surface area contributed by atoms with E-state index in [1.165, 1.54) is 14.2 Å². The maximum Gasteiger partial charge on any atom is 0.323 e.